The number of para-hydroxylation sites is 1. The Bertz CT molecular complexity index is 1200. The highest BCUT2D eigenvalue weighted by Gasteiger charge is 2.24. The molecule has 0 radical (unpaired) electrons. The molecule has 0 unspecified atom stereocenters. The lowest BCUT2D eigenvalue weighted by atomic mass is 9.94. The zero-order chi connectivity index (χ0) is 24.1. The van der Waals surface area contributed by atoms with Crippen LogP contribution < -0.4 is 20.5 Å². The number of amides is 1. The highest BCUT2D eigenvalue weighted by Crippen LogP contribution is 2.33. The van der Waals surface area contributed by atoms with E-state index < -0.39 is 8.38 Å². The van der Waals surface area contributed by atoms with Gasteiger partial charge in [-0.15, -0.1) is 0 Å². The number of nitrogens with zero attached hydrogens (tertiary/aromatic N) is 4. The van der Waals surface area contributed by atoms with Gasteiger partial charge in [0.15, 0.2) is 8.38 Å². The van der Waals surface area contributed by atoms with Crippen LogP contribution in [0.1, 0.15) is 19.3 Å². The van der Waals surface area contributed by atoms with Gasteiger partial charge in [-0.1, -0.05) is 18.2 Å². The van der Waals surface area contributed by atoms with Crippen LogP contribution in [0.5, 0.6) is 5.88 Å². The molecule has 0 saturated carbocycles. The first-order chi connectivity index (χ1) is 16.4. The number of piperidine rings is 1. The molecular formula is C23H28N5O5P. The summed E-state index contributed by atoms with van der Waals surface area (Å²) in [5, 5.41) is 7.96. The van der Waals surface area contributed by atoms with Crippen molar-refractivity contribution in [2.75, 3.05) is 36.6 Å². The second-order valence-electron chi connectivity index (χ2n) is 8.29. The van der Waals surface area contributed by atoms with E-state index in [9.17, 15) is 19.4 Å². The van der Waals surface area contributed by atoms with Gasteiger partial charge in [0.05, 0.1) is 18.7 Å². The summed E-state index contributed by atoms with van der Waals surface area (Å²) < 4.78 is 6.50. The Morgan fingerprint density at radius 3 is 2.65 bits per heavy atom. The number of ether oxygens (including phenoxy) is 1. The van der Waals surface area contributed by atoms with Crippen molar-refractivity contribution in [1.29, 1.82) is 0 Å². The number of pyridine rings is 1. The van der Waals surface area contributed by atoms with E-state index in [1.54, 1.807) is 24.4 Å². The normalized spacial score (nSPS) is 14.5. The van der Waals surface area contributed by atoms with Gasteiger partial charge in [0, 0.05) is 36.4 Å². The number of fused-ring (bicyclic) bond motifs is 1. The SMILES string of the molecule is COc1cc2cnn(CC(=O)Nc3ccccc3)c(=O)c2c(N2CCC(CCP(O)O)CC2)n1. The maximum absolute atomic E-state index is 13.4. The first-order valence-electron chi connectivity index (χ1n) is 11.1. The molecule has 34 heavy (non-hydrogen) atoms. The van der Waals surface area contributed by atoms with E-state index in [4.69, 9.17) is 4.74 Å². The van der Waals surface area contributed by atoms with E-state index in [1.165, 1.54) is 7.11 Å². The van der Waals surface area contributed by atoms with Crippen molar-refractivity contribution in [2.45, 2.75) is 25.8 Å². The molecule has 1 aliphatic heterocycles. The smallest absolute Gasteiger partial charge is 0.278 e. The molecule has 1 saturated heterocycles. The number of carbonyl (C=O) groups is 1. The van der Waals surface area contributed by atoms with Crippen LogP contribution in [-0.4, -0.2) is 56.8 Å². The number of nitrogens with one attached hydrogen (secondary N) is 1. The maximum Gasteiger partial charge on any atom is 0.278 e. The van der Waals surface area contributed by atoms with E-state index in [0.717, 1.165) is 23.9 Å². The summed E-state index contributed by atoms with van der Waals surface area (Å²) in [4.78, 5) is 50.9. The molecule has 0 bridgehead atoms. The number of hydrogen-bond donors (Lipinski definition) is 3. The Morgan fingerprint density at radius 2 is 1.97 bits per heavy atom. The predicted molar refractivity (Wildman–Crippen MR) is 131 cm³/mol. The Labute approximate surface area is 198 Å². The monoisotopic (exact) mass is 485 g/mol. The van der Waals surface area contributed by atoms with Crippen LogP contribution in [0.2, 0.25) is 0 Å². The molecule has 180 valence electrons. The van der Waals surface area contributed by atoms with Crippen molar-refractivity contribution in [2.24, 2.45) is 5.92 Å². The van der Waals surface area contributed by atoms with Crippen LogP contribution in [0.3, 0.4) is 0 Å². The van der Waals surface area contributed by atoms with Crippen molar-refractivity contribution < 1.29 is 19.3 Å². The molecule has 0 spiro atoms. The second-order valence-corrected chi connectivity index (χ2v) is 9.48. The van der Waals surface area contributed by atoms with Gasteiger partial charge in [-0.05, 0) is 37.3 Å². The van der Waals surface area contributed by atoms with Gasteiger partial charge in [0.2, 0.25) is 11.8 Å². The minimum Gasteiger partial charge on any atom is -0.481 e. The molecular weight excluding hydrogens is 457 g/mol. The number of methoxy groups -OCH3 is 1. The number of rotatable bonds is 8. The van der Waals surface area contributed by atoms with Gasteiger partial charge < -0.3 is 24.7 Å². The second kappa shape index (κ2) is 10.9. The Kier molecular flexibility index (Phi) is 7.72. The number of benzene rings is 1. The van der Waals surface area contributed by atoms with Crippen LogP contribution in [-0.2, 0) is 11.3 Å². The summed E-state index contributed by atoms with van der Waals surface area (Å²) in [7, 11) is -0.346. The first-order valence-corrected chi connectivity index (χ1v) is 12.6. The number of aromatic nitrogens is 3. The third-order valence-corrected chi connectivity index (χ3v) is 6.66. The van der Waals surface area contributed by atoms with E-state index in [-0.39, 0.29) is 18.0 Å². The summed E-state index contributed by atoms with van der Waals surface area (Å²) in [6, 6.07) is 10.7. The minimum absolute atomic E-state index is 0.220. The van der Waals surface area contributed by atoms with Crippen LogP contribution in [0.25, 0.3) is 10.8 Å². The molecule has 0 atom stereocenters. The molecule has 11 heteroatoms. The van der Waals surface area contributed by atoms with Gasteiger partial charge >= 0.3 is 0 Å². The first kappa shape index (κ1) is 24.1. The summed E-state index contributed by atoms with van der Waals surface area (Å²) in [6.45, 7) is 1.15. The van der Waals surface area contributed by atoms with E-state index in [0.29, 0.717) is 53.3 Å². The highest BCUT2D eigenvalue weighted by molar-refractivity contribution is 7.45. The van der Waals surface area contributed by atoms with Gasteiger partial charge in [-0.2, -0.15) is 10.1 Å². The van der Waals surface area contributed by atoms with E-state index >= 15 is 0 Å². The lowest BCUT2D eigenvalue weighted by Gasteiger charge is -2.33. The summed E-state index contributed by atoms with van der Waals surface area (Å²) in [5.41, 5.74) is 0.255. The van der Waals surface area contributed by atoms with Crippen LogP contribution in [0.15, 0.2) is 47.4 Å². The van der Waals surface area contributed by atoms with Gasteiger partial charge in [-0.25, -0.2) is 4.68 Å². The average molecular weight is 485 g/mol. The molecule has 4 rings (SSSR count). The molecule has 1 fully saturated rings. The molecule has 0 aliphatic carbocycles. The summed E-state index contributed by atoms with van der Waals surface area (Å²) >= 11 is 0. The van der Waals surface area contributed by atoms with Gasteiger partial charge in [0.25, 0.3) is 5.56 Å². The molecule has 3 N–H and O–H groups in total. The molecule has 3 aromatic rings. The third-order valence-electron chi connectivity index (χ3n) is 6.00. The fourth-order valence-corrected chi connectivity index (χ4v) is 4.79. The lowest BCUT2D eigenvalue weighted by molar-refractivity contribution is -0.117. The molecule has 2 aromatic heterocycles. The maximum atomic E-state index is 13.4. The number of carbonyl (C=O) groups excluding carboxylic acids is 1. The van der Waals surface area contributed by atoms with Crippen molar-refractivity contribution in [3.8, 4) is 5.88 Å². The zero-order valence-corrected chi connectivity index (χ0v) is 19.8. The van der Waals surface area contributed by atoms with Gasteiger partial charge in [0.1, 0.15) is 12.4 Å². The minimum atomic E-state index is -1.87. The Morgan fingerprint density at radius 1 is 1.24 bits per heavy atom. The fourth-order valence-electron chi connectivity index (χ4n) is 4.20. The predicted octanol–water partition coefficient (Wildman–Crippen LogP) is 2.34. The largest absolute Gasteiger partial charge is 0.481 e. The van der Waals surface area contributed by atoms with Gasteiger partial charge in [-0.3, -0.25) is 9.59 Å². The van der Waals surface area contributed by atoms with E-state index in [2.05, 4.69) is 20.3 Å². The molecule has 1 aliphatic rings. The average Bonchev–Trinajstić information content (AvgIpc) is 2.84. The standard InChI is InChI=1S/C23H28N5O5P/c1-33-20-13-17-14-24-28(15-19(29)25-18-5-3-2-4-6-18)23(30)21(17)22(26-20)27-10-7-16(8-11-27)9-12-34(31)32/h2-6,13-14,16,31-32H,7-12,15H2,1H3,(H,25,29). The molecule has 10 nitrogen and oxygen atoms in total. The topological polar surface area (TPSA) is 130 Å². The van der Waals surface area contributed by atoms with Crippen LogP contribution >= 0.6 is 8.38 Å². The summed E-state index contributed by atoms with van der Waals surface area (Å²) in [6.07, 6.45) is 4.47. The Hall–Kier alpha value is -3.07. The van der Waals surface area contributed by atoms with Crippen molar-refractivity contribution in [3.63, 3.8) is 0 Å². The molecule has 1 amide bonds. The van der Waals surface area contributed by atoms with Crippen LogP contribution in [0.4, 0.5) is 11.5 Å². The van der Waals surface area contributed by atoms with Crippen molar-refractivity contribution >= 4 is 36.6 Å². The Balaban J connectivity index is 1.59. The van der Waals surface area contributed by atoms with E-state index in [1.807, 2.05) is 18.2 Å². The molecule has 3 heterocycles. The lowest BCUT2D eigenvalue weighted by Crippen LogP contribution is -2.36. The van der Waals surface area contributed by atoms with Crippen molar-refractivity contribution in [3.05, 3.63) is 52.9 Å². The molecule has 1 aromatic carbocycles. The number of hydrogen-bond acceptors (Lipinski definition) is 8. The zero-order valence-electron chi connectivity index (χ0n) is 18.9. The van der Waals surface area contributed by atoms with Crippen LogP contribution in [0, 0.1) is 5.92 Å². The third kappa shape index (κ3) is 5.70. The summed E-state index contributed by atoms with van der Waals surface area (Å²) in [5.74, 6) is 0.953. The quantitative estimate of drug-likeness (QED) is 0.415. The fraction of sp³-hybridized carbons (Fsp3) is 0.391. The number of anilines is 2. The van der Waals surface area contributed by atoms with Crippen molar-refractivity contribution in [1.82, 2.24) is 14.8 Å². The highest BCUT2D eigenvalue weighted by atomic mass is 31.2.